The van der Waals surface area contributed by atoms with E-state index in [2.05, 4.69) is 10.6 Å². The molecule has 3 aromatic carbocycles. The Morgan fingerprint density at radius 3 is 2.40 bits per heavy atom. The summed E-state index contributed by atoms with van der Waals surface area (Å²) in [4.78, 5) is 39.3. The fourth-order valence-corrected chi connectivity index (χ4v) is 6.16. The Balaban J connectivity index is 1.82. The summed E-state index contributed by atoms with van der Waals surface area (Å²) >= 11 is 0. The van der Waals surface area contributed by atoms with Crippen LogP contribution in [0.5, 0.6) is 0 Å². The van der Waals surface area contributed by atoms with Gasteiger partial charge in [0.15, 0.2) is 9.84 Å². The second-order valence-electron chi connectivity index (χ2n) is 10.2. The molecule has 1 fully saturated rings. The lowest BCUT2D eigenvalue weighted by molar-refractivity contribution is -0.133. The second-order valence-corrected chi connectivity index (χ2v) is 12.2. The van der Waals surface area contributed by atoms with Crippen LogP contribution in [-0.2, 0) is 25.8 Å². The second kappa shape index (κ2) is 12.3. The number of anilines is 2. The van der Waals surface area contributed by atoms with Crippen LogP contribution in [0.15, 0.2) is 59.5 Å². The first-order chi connectivity index (χ1) is 19.8. The highest BCUT2D eigenvalue weighted by atomic mass is 32.2. The molecular formula is C30H32F2N4O5S. The summed E-state index contributed by atoms with van der Waals surface area (Å²) in [6.07, 6.45) is 2.38. The maximum Gasteiger partial charge on any atom is 0.250 e. The van der Waals surface area contributed by atoms with Crippen LogP contribution in [0.25, 0.3) is 0 Å². The highest BCUT2D eigenvalue weighted by Gasteiger charge is 2.37. The molecule has 9 nitrogen and oxygen atoms in total. The van der Waals surface area contributed by atoms with Crippen molar-refractivity contribution >= 4 is 38.9 Å². The Morgan fingerprint density at radius 1 is 1.05 bits per heavy atom. The number of halogens is 2. The quantitative estimate of drug-likeness (QED) is 0.332. The van der Waals surface area contributed by atoms with E-state index in [0.29, 0.717) is 41.6 Å². The number of nitrogens with zero attached hydrogens (tertiary/aromatic N) is 1. The molecule has 12 heteroatoms. The number of rotatable bonds is 9. The van der Waals surface area contributed by atoms with Gasteiger partial charge in [-0.2, -0.15) is 0 Å². The number of nitrogens with two attached hydrogens (primary N) is 1. The summed E-state index contributed by atoms with van der Waals surface area (Å²) < 4.78 is 54.8. The van der Waals surface area contributed by atoms with E-state index in [1.165, 1.54) is 54.3 Å². The maximum absolute atomic E-state index is 14.9. The van der Waals surface area contributed by atoms with Crippen LogP contribution in [0.3, 0.4) is 0 Å². The van der Waals surface area contributed by atoms with Crippen LogP contribution in [0.2, 0.25) is 0 Å². The SMILES string of the molecule is CCc1cc([C@H](Nc2cc(C(N)=O)ccc2F)C(=O)N2CCC[C@@H]2c2cc(NC(C)=O)ccc2S(C)(=O)=O)ccc1F. The van der Waals surface area contributed by atoms with Gasteiger partial charge in [0.1, 0.15) is 17.7 Å². The number of benzene rings is 3. The number of carbonyl (C=O) groups is 3. The van der Waals surface area contributed by atoms with Crippen molar-refractivity contribution in [1.82, 2.24) is 4.90 Å². The number of aryl methyl sites for hydroxylation is 1. The molecule has 1 aliphatic rings. The molecule has 0 aliphatic carbocycles. The summed E-state index contributed by atoms with van der Waals surface area (Å²) in [6.45, 7) is 3.35. The Bertz CT molecular complexity index is 1660. The Morgan fingerprint density at radius 2 is 1.76 bits per heavy atom. The van der Waals surface area contributed by atoms with Crippen molar-refractivity contribution in [3.05, 3.63) is 88.5 Å². The molecule has 4 rings (SSSR count). The summed E-state index contributed by atoms with van der Waals surface area (Å²) in [5, 5.41) is 5.54. The molecule has 0 spiro atoms. The summed E-state index contributed by atoms with van der Waals surface area (Å²) in [5.74, 6) is -2.85. The van der Waals surface area contributed by atoms with Gasteiger partial charge >= 0.3 is 0 Å². The van der Waals surface area contributed by atoms with Crippen molar-refractivity contribution < 1.29 is 31.6 Å². The average Bonchev–Trinajstić information content (AvgIpc) is 3.41. The van der Waals surface area contributed by atoms with Crippen molar-refractivity contribution in [2.45, 2.75) is 50.1 Å². The number of primary amides is 1. The lowest BCUT2D eigenvalue weighted by Crippen LogP contribution is -2.38. The zero-order chi connectivity index (χ0) is 30.8. The molecule has 0 bridgehead atoms. The minimum atomic E-state index is -3.72. The van der Waals surface area contributed by atoms with Crippen LogP contribution in [-0.4, -0.2) is 43.8 Å². The van der Waals surface area contributed by atoms with Gasteiger partial charge in [-0.3, -0.25) is 14.4 Å². The third kappa shape index (κ3) is 6.59. The molecule has 0 saturated carbocycles. The Kier molecular flexibility index (Phi) is 8.95. The number of carbonyl (C=O) groups excluding carboxylic acids is 3. The normalized spacial score (nSPS) is 15.7. The number of hydrogen-bond donors (Lipinski definition) is 3. The molecule has 0 unspecified atom stereocenters. The van der Waals surface area contributed by atoms with Crippen molar-refractivity contribution in [3.8, 4) is 0 Å². The number of likely N-dealkylation sites (tertiary alicyclic amines) is 1. The van der Waals surface area contributed by atoms with Crippen molar-refractivity contribution in [2.24, 2.45) is 5.73 Å². The van der Waals surface area contributed by atoms with Gasteiger partial charge in [-0.25, -0.2) is 17.2 Å². The summed E-state index contributed by atoms with van der Waals surface area (Å²) in [5.41, 5.74) is 6.64. The summed E-state index contributed by atoms with van der Waals surface area (Å²) in [6, 6.07) is 10.1. The van der Waals surface area contributed by atoms with Gasteiger partial charge in [0.2, 0.25) is 17.7 Å². The topological polar surface area (TPSA) is 139 Å². The van der Waals surface area contributed by atoms with Gasteiger partial charge in [0.25, 0.3) is 0 Å². The molecule has 3 aromatic rings. The van der Waals surface area contributed by atoms with E-state index in [9.17, 15) is 31.6 Å². The molecule has 42 heavy (non-hydrogen) atoms. The smallest absolute Gasteiger partial charge is 0.250 e. The van der Waals surface area contributed by atoms with Crippen molar-refractivity contribution in [3.63, 3.8) is 0 Å². The van der Waals surface area contributed by atoms with Crippen LogP contribution < -0.4 is 16.4 Å². The van der Waals surface area contributed by atoms with Crippen molar-refractivity contribution in [1.29, 1.82) is 0 Å². The minimum Gasteiger partial charge on any atom is -0.368 e. The van der Waals surface area contributed by atoms with Crippen LogP contribution in [0.4, 0.5) is 20.2 Å². The van der Waals surface area contributed by atoms with Crippen LogP contribution in [0.1, 0.15) is 65.8 Å². The number of nitrogens with one attached hydrogen (secondary N) is 2. The van der Waals surface area contributed by atoms with E-state index in [4.69, 9.17) is 5.73 Å². The summed E-state index contributed by atoms with van der Waals surface area (Å²) in [7, 11) is -3.72. The van der Waals surface area contributed by atoms with Gasteiger partial charge in [0.05, 0.1) is 16.6 Å². The molecule has 0 aromatic heterocycles. The Labute approximate surface area is 243 Å². The highest BCUT2D eigenvalue weighted by Crippen LogP contribution is 2.39. The van der Waals surface area contributed by atoms with E-state index in [1.54, 1.807) is 13.0 Å². The third-order valence-corrected chi connectivity index (χ3v) is 8.38. The Hall–Kier alpha value is -4.32. The largest absolute Gasteiger partial charge is 0.368 e. The number of sulfone groups is 1. The molecule has 3 amide bonds. The number of amides is 3. The van der Waals surface area contributed by atoms with Gasteiger partial charge in [-0.1, -0.05) is 19.1 Å². The van der Waals surface area contributed by atoms with E-state index in [0.717, 1.165) is 12.3 Å². The standard InChI is InChI=1S/C30H32F2N4O5S/c1-4-18-14-19(7-10-23(18)31)28(35-25-15-20(29(33)38)8-11-24(25)32)30(39)36-13-5-6-26(36)22-16-21(34-17(2)37)9-12-27(22)42(3,40)41/h7-12,14-16,26,28,35H,4-6,13H2,1-3H3,(H2,33,38)(H,34,37)/t26-,28+/m1/s1. The first-order valence-corrected chi connectivity index (χ1v) is 15.3. The molecular weight excluding hydrogens is 566 g/mol. The molecule has 1 heterocycles. The first kappa shape index (κ1) is 30.6. The lowest BCUT2D eigenvalue weighted by atomic mass is 9.98. The fraction of sp³-hybridized carbons (Fsp3) is 0.300. The monoisotopic (exact) mass is 598 g/mol. The molecule has 4 N–H and O–H groups in total. The van der Waals surface area contributed by atoms with Gasteiger partial charge in [0, 0.05) is 31.0 Å². The molecule has 1 saturated heterocycles. The van der Waals surface area contributed by atoms with Gasteiger partial charge < -0.3 is 21.3 Å². The molecule has 222 valence electrons. The van der Waals surface area contributed by atoms with E-state index < -0.39 is 45.4 Å². The average molecular weight is 599 g/mol. The highest BCUT2D eigenvalue weighted by molar-refractivity contribution is 7.90. The molecule has 0 radical (unpaired) electrons. The van der Waals surface area contributed by atoms with Crippen molar-refractivity contribution in [2.75, 3.05) is 23.4 Å². The van der Waals surface area contributed by atoms with E-state index >= 15 is 0 Å². The minimum absolute atomic E-state index is 0.0149. The maximum atomic E-state index is 14.9. The van der Waals surface area contributed by atoms with Crippen LogP contribution in [0, 0.1) is 11.6 Å². The van der Waals surface area contributed by atoms with Crippen LogP contribution >= 0.6 is 0 Å². The first-order valence-electron chi connectivity index (χ1n) is 13.4. The third-order valence-electron chi connectivity index (χ3n) is 7.21. The molecule has 2 atom stereocenters. The number of hydrogen-bond acceptors (Lipinski definition) is 6. The zero-order valence-electron chi connectivity index (χ0n) is 23.4. The lowest BCUT2D eigenvalue weighted by Gasteiger charge is -2.31. The predicted octanol–water partition coefficient (Wildman–Crippen LogP) is 4.50. The fourth-order valence-electron chi connectivity index (χ4n) is 5.22. The van der Waals surface area contributed by atoms with Gasteiger partial charge in [-0.15, -0.1) is 0 Å². The van der Waals surface area contributed by atoms with E-state index in [1.807, 2.05) is 0 Å². The van der Waals surface area contributed by atoms with E-state index in [-0.39, 0.29) is 28.6 Å². The van der Waals surface area contributed by atoms with Gasteiger partial charge in [-0.05, 0) is 78.4 Å². The predicted molar refractivity (Wildman–Crippen MR) is 155 cm³/mol. The zero-order valence-corrected chi connectivity index (χ0v) is 24.2. The molecule has 1 aliphatic heterocycles.